The first kappa shape index (κ1) is 17.2. The van der Waals surface area contributed by atoms with Crippen LogP contribution in [0, 0.1) is 0 Å². The second-order valence-electron chi connectivity index (χ2n) is 5.89. The highest BCUT2D eigenvalue weighted by molar-refractivity contribution is 9.10. The Morgan fingerprint density at radius 3 is 2.67 bits per heavy atom. The lowest BCUT2D eigenvalue weighted by Crippen LogP contribution is -2.12. The molecule has 0 saturated heterocycles. The summed E-state index contributed by atoms with van der Waals surface area (Å²) in [5, 5.41) is 10.8. The van der Waals surface area contributed by atoms with E-state index in [0.717, 1.165) is 10.0 Å². The van der Waals surface area contributed by atoms with Crippen LogP contribution >= 0.6 is 15.9 Å². The number of aromatic nitrogens is 3. The Hall–Kier alpha value is -3.19. The summed E-state index contributed by atoms with van der Waals surface area (Å²) in [6.07, 6.45) is 3.40. The van der Waals surface area contributed by atoms with E-state index in [1.807, 2.05) is 36.5 Å². The number of halogens is 1. The van der Waals surface area contributed by atoms with Crippen LogP contribution in [0.25, 0.3) is 5.65 Å². The van der Waals surface area contributed by atoms with Crippen LogP contribution < -0.4 is 10.1 Å². The fraction of sp³-hybridized carbons (Fsp3) is 0.0500. The van der Waals surface area contributed by atoms with Crippen LogP contribution in [-0.4, -0.2) is 20.5 Å². The predicted octanol–water partition coefficient (Wildman–Crippen LogP) is 4.32. The number of nitrogens with one attached hydrogen (secondary N) is 1. The Bertz CT molecular complexity index is 1080. The van der Waals surface area contributed by atoms with Gasteiger partial charge in [-0.2, -0.15) is 0 Å². The molecule has 134 valence electrons. The van der Waals surface area contributed by atoms with Crippen LogP contribution in [0.2, 0.25) is 0 Å². The summed E-state index contributed by atoms with van der Waals surface area (Å²) in [6, 6.07) is 18.7. The molecular formula is C20H15BrN4O2. The van der Waals surface area contributed by atoms with Gasteiger partial charge in [-0.15, -0.1) is 10.2 Å². The van der Waals surface area contributed by atoms with Crippen molar-refractivity contribution in [2.24, 2.45) is 0 Å². The summed E-state index contributed by atoms with van der Waals surface area (Å²) in [7, 11) is 0. The lowest BCUT2D eigenvalue weighted by molar-refractivity contribution is 0.102. The number of carbonyl (C=O) groups excluding carboxylic acids is 1. The molecule has 6 nitrogen and oxygen atoms in total. The lowest BCUT2D eigenvalue weighted by atomic mass is 10.2. The van der Waals surface area contributed by atoms with Crippen LogP contribution in [0.5, 0.6) is 5.75 Å². The quantitative estimate of drug-likeness (QED) is 0.519. The zero-order chi connectivity index (χ0) is 18.6. The number of ether oxygens (including phenoxy) is 1. The molecule has 0 unspecified atom stereocenters. The zero-order valence-electron chi connectivity index (χ0n) is 14.2. The molecule has 27 heavy (non-hydrogen) atoms. The van der Waals surface area contributed by atoms with Gasteiger partial charge in [-0.05, 0) is 51.8 Å². The molecule has 4 aromatic rings. The van der Waals surface area contributed by atoms with E-state index >= 15 is 0 Å². The molecule has 2 aromatic heterocycles. The molecule has 0 radical (unpaired) electrons. The van der Waals surface area contributed by atoms with Gasteiger partial charge in [0.05, 0.1) is 5.69 Å². The van der Waals surface area contributed by atoms with Crippen molar-refractivity contribution in [1.82, 2.24) is 14.6 Å². The largest absolute Gasteiger partial charge is 0.489 e. The van der Waals surface area contributed by atoms with Gasteiger partial charge in [0.25, 0.3) is 5.91 Å². The number of pyridine rings is 1. The summed E-state index contributed by atoms with van der Waals surface area (Å²) < 4.78 is 8.30. The molecule has 1 amide bonds. The SMILES string of the molecule is O=C(Nc1cc(Br)cn2cnnc12)c1ccc(OCc2ccccc2)cc1. The van der Waals surface area contributed by atoms with Crippen LogP contribution in [0.3, 0.4) is 0 Å². The number of rotatable bonds is 5. The van der Waals surface area contributed by atoms with Gasteiger partial charge in [-0.3, -0.25) is 9.20 Å². The predicted molar refractivity (Wildman–Crippen MR) is 106 cm³/mol. The van der Waals surface area contributed by atoms with Gasteiger partial charge in [0, 0.05) is 16.2 Å². The molecule has 0 aliphatic rings. The second kappa shape index (κ2) is 7.59. The normalized spacial score (nSPS) is 10.7. The van der Waals surface area contributed by atoms with Crippen molar-refractivity contribution >= 4 is 33.2 Å². The van der Waals surface area contributed by atoms with Crippen molar-refractivity contribution in [1.29, 1.82) is 0 Å². The molecule has 0 atom stereocenters. The third kappa shape index (κ3) is 3.98. The van der Waals surface area contributed by atoms with Gasteiger partial charge in [0.2, 0.25) is 0 Å². The summed E-state index contributed by atoms with van der Waals surface area (Å²) in [5.41, 5.74) is 2.77. The monoisotopic (exact) mass is 422 g/mol. The first-order chi connectivity index (χ1) is 13.2. The van der Waals surface area contributed by atoms with E-state index in [2.05, 4.69) is 31.4 Å². The number of nitrogens with zero attached hydrogens (tertiary/aromatic N) is 3. The van der Waals surface area contributed by atoms with Gasteiger partial charge in [-0.25, -0.2) is 0 Å². The minimum atomic E-state index is -0.229. The summed E-state index contributed by atoms with van der Waals surface area (Å²) in [4.78, 5) is 12.6. The maximum Gasteiger partial charge on any atom is 0.255 e. The molecule has 2 aromatic carbocycles. The average Bonchev–Trinajstić information content (AvgIpc) is 3.16. The fourth-order valence-electron chi connectivity index (χ4n) is 2.63. The number of carbonyl (C=O) groups is 1. The highest BCUT2D eigenvalue weighted by atomic mass is 79.9. The van der Waals surface area contributed by atoms with E-state index in [1.54, 1.807) is 41.1 Å². The minimum absolute atomic E-state index is 0.229. The Balaban J connectivity index is 1.45. The van der Waals surface area contributed by atoms with Crippen molar-refractivity contribution in [3.8, 4) is 5.75 Å². The van der Waals surface area contributed by atoms with Crippen LogP contribution in [-0.2, 0) is 6.61 Å². The topological polar surface area (TPSA) is 68.5 Å². The van der Waals surface area contributed by atoms with Crippen molar-refractivity contribution < 1.29 is 9.53 Å². The molecule has 0 aliphatic carbocycles. The van der Waals surface area contributed by atoms with Crippen molar-refractivity contribution in [2.45, 2.75) is 6.61 Å². The summed E-state index contributed by atoms with van der Waals surface area (Å²) in [5.74, 6) is 0.477. The molecule has 1 N–H and O–H groups in total. The molecule has 0 bridgehead atoms. The third-order valence-corrected chi connectivity index (χ3v) is 4.41. The lowest BCUT2D eigenvalue weighted by Gasteiger charge is -2.09. The number of hydrogen-bond acceptors (Lipinski definition) is 4. The number of fused-ring (bicyclic) bond motifs is 1. The zero-order valence-corrected chi connectivity index (χ0v) is 15.8. The van der Waals surface area contributed by atoms with E-state index in [4.69, 9.17) is 4.74 Å². The summed E-state index contributed by atoms with van der Waals surface area (Å²) in [6.45, 7) is 0.481. The standard InChI is InChI=1S/C20H15BrN4O2/c21-16-10-18(19-24-22-13-25(19)11-16)23-20(26)15-6-8-17(9-7-15)27-12-14-4-2-1-3-5-14/h1-11,13H,12H2,(H,23,26). The van der Waals surface area contributed by atoms with Crippen LogP contribution in [0.4, 0.5) is 5.69 Å². The Kier molecular flexibility index (Phi) is 4.84. The van der Waals surface area contributed by atoms with E-state index in [1.165, 1.54) is 0 Å². The van der Waals surface area contributed by atoms with Crippen molar-refractivity contribution in [3.63, 3.8) is 0 Å². The minimum Gasteiger partial charge on any atom is -0.489 e. The first-order valence-corrected chi connectivity index (χ1v) is 9.05. The Morgan fingerprint density at radius 2 is 1.89 bits per heavy atom. The molecule has 0 saturated carbocycles. The number of benzene rings is 2. The number of amides is 1. The smallest absolute Gasteiger partial charge is 0.255 e. The van der Waals surface area contributed by atoms with Gasteiger partial charge in [-0.1, -0.05) is 30.3 Å². The maximum atomic E-state index is 12.6. The van der Waals surface area contributed by atoms with E-state index < -0.39 is 0 Å². The maximum absolute atomic E-state index is 12.6. The number of anilines is 1. The van der Waals surface area contributed by atoms with E-state index in [-0.39, 0.29) is 5.91 Å². The molecule has 7 heteroatoms. The van der Waals surface area contributed by atoms with E-state index in [0.29, 0.717) is 29.3 Å². The Labute approximate surface area is 163 Å². The van der Waals surface area contributed by atoms with Crippen LogP contribution in [0.15, 0.2) is 77.7 Å². The highest BCUT2D eigenvalue weighted by Crippen LogP contribution is 2.22. The van der Waals surface area contributed by atoms with Gasteiger partial charge < -0.3 is 10.1 Å². The fourth-order valence-corrected chi connectivity index (χ4v) is 3.08. The molecular weight excluding hydrogens is 408 g/mol. The average molecular weight is 423 g/mol. The highest BCUT2D eigenvalue weighted by Gasteiger charge is 2.11. The van der Waals surface area contributed by atoms with Crippen LogP contribution in [0.1, 0.15) is 15.9 Å². The number of hydrogen-bond donors (Lipinski definition) is 1. The second-order valence-corrected chi connectivity index (χ2v) is 6.80. The third-order valence-electron chi connectivity index (χ3n) is 3.97. The molecule has 4 rings (SSSR count). The first-order valence-electron chi connectivity index (χ1n) is 8.26. The van der Waals surface area contributed by atoms with Gasteiger partial charge >= 0.3 is 0 Å². The summed E-state index contributed by atoms with van der Waals surface area (Å²) >= 11 is 3.42. The van der Waals surface area contributed by atoms with Crippen molar-refractivity contribution in [2.75, 3.05) is 5.32 Å². The van der Waals surface area contributed by atoms with Gasteiger partial charge in [0.1, 0.15) is 18.7 Å². The Morgan fingerprint density at radius 1 is 1.11 bits per heavy atom. The van der Waals surface area contributed by atoms with E-state index in [9.17, 15) is 4.79 Å². The van der Waals surface area contributed by atoms with Crippen molar-refractivity contribution in [3.05, 3.63) is 88.8 Å². The van der Waals surface area contributed by atoms with Gasteiger partial charge in [0.15, 0.2) is 5.65 Å². The molecule has 2 heterocycles. The molecule has 0 aliphatic heterocycles. The molecule has 0 fully saturated rings. The molecule has 0 spiro atoms.